The second kappa shape index (κ2) is 10.5. The summed E-state index contributed by atoms with van der Waals surface area (Å²) >= 11 is 6.23. The fourth-order valence-electron chi connectivity index (χ4n) is 4.65. The van der Waals surface area contributed by atoms with Crippen LogP contribution < -0.4 is 14.5 Å². The van der Waals surface area contributed by atoms with Gasteiger partial charge in [-0.2, -0.15) is 0 Å². The van der Waals surface area contributed by atoms with Gasteiger partial charge in [0.05, 0.1) is 24.3 Å². The molecule has 0 aliphatic carbocycles. The third-order valence-corrected chi connectivity index (χ3v) is 6.71. The number of carbonyl (C=O) groups excluding carboxylic acids is 2. The lowest BCUT2D eigenvalue weighted by atomic mass is 9.94. The van der Waals surface area contributed by atoms with Crippen LogP contribution in [-0.2, 0) is 9.59 Å². The molecule has 1 unspecified atom stereocenters. The number of rotatable bonds is 7. The molecule has 1 saturated heterocycles. The Hall–Kier alpha value is -3.77. The van der Waals surface area contributed by atoms with E-state index in [4.69, 9.17) is 16.3 Å². The molecular weight excluding hydrogens is 476 g/mol. The van der Waals surface area contributed by atoms with Gasteiger partial charge in [0.15, 0.2) is 0 Å². The number of ether oxygens (including phenoxy) is 1. The molecule has 1 N–H and O–H groups in total. The number of anilines is 2. The smallest absolute Gasteiger partial charge is 0.300 e. The van der Waals surface area contributed by atoms with Crippen molar-refractivity contribution in [1.29, 1.82) is 0 Å². The fraction of sp³-hybridized carbons (Fsp3) is 0.241. The zero-order valence-electron chi connectivity index (χ0n) is 20.8. The number of ketones is 1. The van der Waals surface area contributed by atoms with Gasteiger partial charge in [-0.1, -0.05) is 41.4 Å². The van der Waals surface area contributed by atoms with Crippen molar-refractivity contribution < 1.29 is 19.4 Å². The molecule has 0 spiro atoms. The Morgan fingerprint density at radius 3 is 2.33 bits per heavy atom. The van der Waals surface area contributed by atoms with Gasteiger partial charge < -0.3 is 14.7 Å². The molecule has 0 bridgehead atoms. The lowest BCUT2D eigenvalue weighted by Gasteiger charge is -2.27. The molecular formula is C29H29ClN2O4. The van der Waals surface area contributed by atoms with E-state index in [-0.39, 0.29) is 11.3 Å². The van der Waals surface area contributed by atoms with Crippen LogP contribution in [0.2, 0.25) is 5.02 Å². The van der Waals surface area contributed by atoms with Crippen molar-refractivity contribution in [2.45, 2.75) is 26.8 Å². The molecule has 1 fully saturated rings. The number of benzene rings is 3. The highest BCUT2D eigenvalue weighted by atomic mass is 35.5. The number of aryl methyl sites for hydroxylation is 1. The second-order valence-corrected chi connectivity index (χ2v) is 9.05. The highest BCUT2D eigenvalue weighted by Crippen LogP contribution is 2.44. The standard InChI is InChI=1S/C29H29ClN2O4/c1-5-31(6-2)21-13-11-19(12-14-21)26-25(27(33)23-16-18(3)10-15-24(23)36-4)28(34)29(35)32(26)22-9-7-8-20(30)17-22/h7-17,26,33H,5-6H2,1-4H3/b27-25+. The molecule has 1 atom stereocenters. The Labute approximate surface area is 216 Å². The van der Waals surface area contributed by atoms with Crippen molar-refractivity contribution in [3.8, 4) is 5.75 Å². The predicted molar refractivity (Wildman–Crippen MR) is 144 cm³/mol. The van der Waals surface area contributed by atoms with E-state index in [9.17, 15) is 14.7 Å². The number of halogens is 1. The molecule has 1 aliphatic rings. The molecule has 1 amide bonds. The first-order chi connectivity index (χ1) is 17.3. The van der Waals surface area contributed by atoms with Gasteiger partial charge in [-0.05, 0) is 68.8 Å². The van der Waals surface area contributed by atoms with Crippen molar-refractivity contribution in [2.75, 3.05) is 30.0 Å². The van der Waals surface area contributed by atoms with Crippen LogP contribution in [0.4, 0.5) is 11.4 Å². The molecule has 7 heteroatoms. The molecule has 3 aromatic rings. The Morgan fingerprint density at radius 1 is 1.03 bits per heavy atom. The van der Waals surface area contributed by atoms with E-state index in [1.54, 1.807) is 36.4 Å². The maximum Gasteiger partial charge on any atom is 0.300 e. The van der Waals surface area contributed by atoms with Crippen LogP contribution in [0, 0.1) is 6.92 Å². The minimum absolute atomic E-state index is 0.000496. The number of methoxy groups -OCH3 is 1. The number of nitrogens with zero attached hydrogens (tertiary/aromatic N) is 2. The van der Waals surface area contributed by atoms with Crippen molar-refractivity contribution in [1.82, 2.24) is 0 Å². The number of aliphatic hydroxyl groups is 1. The van der Waals surface area contributed by atoms with Gasteiger partial charge in [-0.25, -0.2) is 0 Å². The molecule has 1 aliphatic heterocycles. The lowest BCUT2D eigenvalue weighted by Crippen LogP contribution is -2.29. The van der Waals surface area contributed by atoms with Crippen LogP contribution >= 0.6 is 11.6 Å². The molecule has 6 nitrogen and oxygen atoms in total. The molecule has 186 valence electrons. The first kappa shape index (κ1) is 25.3. The van der Waals surface area contributed by atoms with Crippen LogP contribution in [0.1, 0.15) is 36.6 Å². The molecule has 3 aromatic carbocycles. The molecule has 36 heavy (non-hydrogen) atoms. The summed E-state index contributed by atoms with van der Waals surface area (Å²) in [7, 11) is 1.50. The monoisotopic (exact) mass is 504 g/mol. The van der Waals surface area contributed by atoms with E-state index in [0.717, 1.165) is 24.3 Å². The average Bonchev–Trinajstić information content (AvgIpc) is 3.15. The highest BCUT2D eigenvalue weighted by molar-refractivity contribution is 6.51. The van der Waals surface area contributed by atoms with E-state index < -0.39 is 17.7 Å². The fourth-order valence-corrected chi connectivity index (χ4v) is 4.83. The lowest BCUT2D eigenvalue weighted by molar-refractivity contribution is -0.132. The van der Waals surface area contributed by atoms with Crippen LogP contribution in [-0.4, -0.2) is 37.0 Å². The van der Waals surface area contributed by atoms with Crippen LogP contribution in [0.25, 0.3) is 5.76 Å². The van der Waals surface area contributed by atoms with E-state index >= 15 is 0 Å². The number of carbonyl (C=O) groups is 2. The molecule has 4 rings (SSSR count). The third kappa shape index (κ3) is 4.56. The van der Waals surface area contributed by atoms with Gasteiger partial charge in [-0.15, -0.1) is 0 Å². The molecule has 0 radical (unpaired) electrons. The van der Waals surface area contributed by atoms with Crippen LogP contribution in [0.5, 0.6) is 5.75 Å². The van der Waals surface area contributed by atoms with Gasteiger partial charge in [0.1, 0.15) is 11.5 Å². The molecule has 0 aromatic heterocycles. The zero-order valence-corrected chi connectivity index (χ0v) is 21.5. The summed E-state index contributed by atoms with van der Waals surface area (Å²) < 4.78 is 5.45. The summed E-state index contributed by atoms with van der Waals surface area (Å²) in [6, 6.07) is 19.0. The Balaban J connectivity index is 1.95. The van der Waals surface area contributed by atoms with Crippen molar-refractivity contribution in [3.63, 3.8) is 0 Å². The minimum Gasteiger partial charge on any atom is -0.507 e. The topological polar surface area (TPSA) is 70.1 Å². The highest BCUT2D eigenvalue weighted by Gasteiger charge is 2.47. The maximum absolute atomic E-state index is 13.4. The Morgan fingerprint density at radius 2 is 1.72 bits per heavy atom. The summed E-state index contributed by atoms with van der Waals surface area (Å²) in [5.41, 5.74) is 3.42. The second-order valence-electron chi connectivity index (χ2n) is 8.62. The minimum atomic E-state index is -0.848. The Bertz CT molecular complexity index is 1330. The van der Waals surface area contributed by atoms with E-state index in [2.05, 4.69) is 18.7 Å². The summed E-state index contributed by atoms with van der Waals surface area (Å²) in [5.74, 6) is -1.38. The summed E-state index contributed by atoms with van der Waals surface area (Å²) in [5, 5.41) is 11.9. The van der Waals surface area contributed by atoms with Gasteiger partial charge in [-0.3, -0.25) is 14.5 Å². The van der Waals surface area contributed by atoms with Crippen molar-refractivity contribution >= 4 is 40.4 Å². The van der Waals surface area contributed by atoms with Gasteiger partial charge in [0.25, 0.3) is 11.7 Å². The average molecular weight is 505 g/mol. The van der Waals surface area contributed by atoms with Crippen molar-refractivity contribution in [2.24, 2.45) is 0 Å². The van der Waals surface area contributed by atoms with Crippen molar-refractivity contribution in [3.05, 3.63) is 94.0 Å². The van der Waals surface area contributed by atoms with E-state index in [1.807, 2.05) is 37.3 Å². The molecule has 1 heterocycles. The van der Waals surface area contributed by atoms with Crippen LogP contribution in [0.15, 0.2) is 72.3 Å². The summed E-state index contributed by atoms with van der Waals surface area (Å²) in [6.07, 6.45) is 0. The number of Topliss-reactive ketones (excluding diaryl/α,β-unsaturated/α-hetero) is 1. The van der Waals surface area contributed by atoms with E-state index in [1.165, 1.54) is 12.0 Å². The van der Waals surface area contributed by atoms with Gasteiger partial charge >= 0.3 is 0 Å². The van der Waals surface area contributed by atoms with Crippen LogP contribution in [0.3, 0.4) is 0 Å². The number of aliphatic hydroxyl groups excluding tert-OH is 1. The largest absolute Gasteiger partial charge is 0.507 e. The SMILES string of the molecule is CCN(CC)c1ccc(C2/C(=C(\O)c3cc(C)ccc3OC)C(=O)C(=O)N2c2cccc(Cl)c2)cc1. The van der Waals surface area contributed by atoms with Gasteiger partial charge in [0.2, 0.25) is 0 Å². The number of amides is 1. The van der Waals surface area contributed by atoms with E-state index in [0.29, 0.717) is 27.6 Å². The first-order valence-corrected chi connectivity index (χ1v) is 12.2. The first-order valence-electron chi connectivity index (χ1n) is 11.9. The predicted octanol–water partition coefficient (Wildman–Crippen LogP) is 6.13. The number of hydrogen-bond acceptors (Lipinski definition) is 5. The maximum atomic E-state index is 13.4. The number of hydrogen-bond donors (Lipinski definition) is 1. The normalized spacial score (nSPS) is 16.9. The third-order valence-electron chi connectivity index (χ3n) is 6.48. The summed E-state index contributed by atoms with van der Waals surface area (Å²) in [4.78, 5) is 30.4. The quantitative estimate of drug-likeness (QED) is 0.238. The zero-order chi connectivity index (χ0) is 26.0. The van der Waals surface area contributed by atoms with Gasteiger partial charge in [0, 0.05) is 29.5 Å². The summed E-state index contributed by atoms with van der Waals surface area (Å²) in [6.45, 7) is 7.75. The molecule has 0 saturated carbocycles. The Kier molecular flexibility index (Phi) is 7.36.